The van der Waals surface area contributed by atoms with Crippen molar-refractivity contribution in [2.24, 2.45) is 4.99 Å². The second-order valence-corrected chi connectivity index (χ2v) is 7.77. The first-order chi connectivity index (χ1) is 14.2. The Bertz CT molecular complexity index is 948. The number of carbonyl (C=O) groups is 1. The zero-order valence-corrected chi connectivity index (χ0v) is 17.0. The van der Waals surface area contributed by atoms with E-state index in [2.05, 4.69) is 45.6 Å². The minimum Gasteiger partial charge on any atom is -0.489 e. The molecule has 1 saturated heterocycles. The van der Waals surface area contributed by atoms with Gasteiger partial charge in [0.05, 0.1) is 4.91 Å². The van der Waals surface area contributed by atoms with E-state index in [1.54, 1.807) is 6.08 Å². The van der Waals surface area contributed by atoms with E-state index in [9.17, 15) is 4.79 Å². The molecule has 2 aromatic carbocycles. The van der Waals surface area contributed by atoms with Gasteiger partial charge in [0.2, 0.25) is 0 Å². The van der Waals surface area contributed by atoms with Crippen LogP contribution < -0.4 is 9.64 Å². The molecule has 29 heavy (non-hydrogen) atoms. The molecule has 0 radical (unpaired) electrons. The van der Waals surface area contributed by atoms with Crippen LogP contribution in [0.4, 0.5) is 5.69 Å². The molecule has 0 atom stereocenters. The molecule has 2 aliphatic rings. The summed E-state index contributed by atoms with van der Waals surface area (Å²) in [5, 5.41) is 0.790. The summed E-state index contributed by atoms with van der Waals surface area (Å²) in [6, 6.07) is 18.1. The molecule has 148 valence electrons. The summed E-state index contributed by atoms with van der Waals surface area (Å²) < 4.78 is 5.69. The number of hydrogen-bond donors (Lipinski definition) is 0. The number of hydrogen-bond acceptors (Lipinski definition) is 5. The molecule has 0 saturated carbocycles. The maximum Gasteiger partial charge on any atom is 0.286 e. The van der Waals surface area contributed by atoms with Gasteiger partial charge in [-0.15, -0.1) is 0 Å². The normalized spacial score (nSPS) is 18.1. The average Bonchev–Trinajstić information content (AvgIpc) is 3.14. The standard InChI is InChI=1S/C23H23N3O2S/c1-2-16-28-20-11-7-6-8-18(20)17-21-22(27)24-23(29-21)26-14-12-25(13-15-26)19-9-4-3-5-10-19/h2-11,17H,1,12-16H2/b21-17+. The number of para-hydroxylation sites is 2. The molecule has 2 aromatic rings. The lowest BCUT2D eigenvalue weighted by Gasteiger charge is -2.36. The summed E-state index contributed by atoms with van der Waals surface area (Å²) >= 11 is 1.44. The molecule has 0 aliphatic carbocycles. The molecule has 2 heterocycles. The third kappa shape index (κ3) is 4.54. The average molecular weight is 406 g/mol. The number of amides is 1. The molecule has 5 nitrogen and oxygen atoms in total. The van der Waals surface area contributed by atoms with Crippen molar-refractivity contribution in [3.63, 3.8) is 0 Å². The van der Waals surface area contributed by atoms with Crippen molar-refractivity contribution in [2.75, 3.05) is 37.7 Å². The first kappa shape index (κ1) is 19.3. The van der Waals surface area contributed by atoms with Crippen molar-refractivity contribution in [3.05, 3.63) is 77.7 Å². The fourth-order valence-electron chi connectivity index (χ4n) is 3.35. The number of piperazine rings is 1. The molecule has 2 aliphatic heterocycles. The van der Waals surface area contributed by atoms with Gasteiger partial charge in [-0.3, -0.25) is 4.79 Å². The molecule has 0 unspecified atom stereocenters. The molecule has 0 aromatic heterocycles. The van der Waals surface area contributed by atoms with E-state index in [1.807, 2.05) is 36.4 Å². The van der Waals surface area contributed by atoms with Crippen LogP contribution in [0.25, 0.3) is 6.08 Å². The number of amidine groups is 1. The van der Waals surface area contributed by atoms with E-state index in [1.165, 1.54) is 17.4 Å². The van der Waals surface area contributed by atoms with Gasteiger partial charge in [0.25, 0.3) is 5.91 Å². The lowest BCUT2D eigenvalue weighted by molar-refractivity contribution is -0.113. The van der Waals surface area contributed by atoms with Gasteiger partial charge in [-0.25, -0.2) is 0 Å². The topological polar surface area (TPSA) is 45.1 Å². The van der Waals surface area contributed by atoms with Crippen LogP contribution >= 0.6 is 11.8 Å². The highest BCUT2D eigenvalue weighted by atomic mass is 32.2. The van der Waals surface area contributed by atoms with Gasteiger partial charge in [0.15, 0.2) is 5.17 Å². The smallest absolute Gasteiger partial charge is 0.286 e. The van der Waals surface area contributed by atoms with Gasteiger partial charge < -0.3 is 14.5 Å². The van der Waals surface area contributed by atoms with Crippen molar-refractivity contribution in [2.45, 2.75) is 0 Å². The van der Waals surface area contributed by atoms with E-state index < -0.39 is 0 Å². The van der Waals surface area contributed by atoms with Crippen LogP contribution in [0.3, 0.4) is 0 Å². The SMILES string of the molecule is C=CCOc1ccccc1/C=C1/SC(N2CCN(c3ccccc3)CC2)=NC1=O. The van der Waals surface area contributed by atoms with Crippen molar-refractivity contribution in [1.82, 2.24) is 4.90 Å². The Morgan fingerprint density at radius 2 is 1.69 bits per heavy atom. The molecule has 1 fully saturated rings. The van der Waals surface area contributed by atoms with Crippen molar-refractivity contribution in [1.29, 1.82) is 0 Å². The lowest BCUT2D eigenvalue weighted by Crippen LogP contribution is -2.47. The van der Waals surface area contributed by atoms with Gasteiger partial charge in [0, 0.05) is 37.4 Å². The second kappa shape index (κ2) is 9.01. The number of benzene rings is 2. The number of nitrogens with zero attached hydrogens (tertiary/aromatic N) is 3. The minimum atomic E-state index is -0.186. The van der Waals surface area contributed by atoms with Gasteiger partial charge in [-0.05, 0) is 36.0 Å². The molecule has 4 rings (SSSR count). The number of carbonyl (C=O) groups excluding carboxylic acids is 1. The Morgan fingerprint density at radius 3 is 2.45 bits per heavy atom. The van der Waals surface area contributed by atoms with E-state index in [-0.39, 0.29) is 5.91 Å². The highest BCUT2D eigenvalue weighted by Crippen LogP contribution is 2.33. The van der Waals surface area contributed by atoms with Gasteiger partial charge >= 0.3 is 0 Å². The van der Waals surface area contributed by atoms with Crippen LogP contribution in [-0.2, 0) is 4.79 Å². The van der Waals surface area contributed by atoms with Crippen LogP contribution in [-0.4, -0.2) is 48.8 Å². The highest BCUT2D eigenvalue weighted by molar-refractivity contribution is 8.18. The van der Waals surface area contributed by atoms with Crippen LogP contribution in [0.15, 0.2) is 77.1 Å². The molecule has 0 bridgehead atoms. The Labute approximate surface area is 175 Å². The van der Waals surface area contributed by atoms with Crippen LogP contribution in [0.5, 0.6) is 5.75 Å². The van der Waals surface area contributed by atoms with Crippen molar-refractivity contribution >= 4 is 34.6 Å². The first-order valence-corrected chi connectivity index (χ1v) is 10.5. The van der Waals surface area contributed by atoms with Crippen LogP contribution in [0, 0.1) is 0 Å². The number of thioether (sulfide) groups is 1. The molecule has 1 amide bonds. The predicted molar refractivity (Wildman–Crippen MR) is 120 cm³/mol. The number of anilines is 1. The molecule has 0 N–H and O–H groups in total. The van der Waals surface area contributed by atoms with Crippen LogP contribution in [0.1, 0.15) is 5.56 Å². The van der Waals surface area contributed by atoms with Gasteiger partial charge in [-0.1, -0.05) is 49.1 Å². The van der Waals surface area contributed by atoms with E-state index >= 15 is 0 Å². The number of aliphatic imine (C=N–C) groups is 1. The zero-order valence-electron chi connectivity index (χ0n) is 16.2. The largest absolute Gasteiger partial charge is 0.489 e. The summed E-state index contributed by atoms with van der Waals surface area (Å²) in [4.78, 5) is 22.0. The Hall–Kier alpha value is -2.99. The summed E-state index contributed by atoms with van der Waals surface area (Å²) in [6.45, 7) is 7.63. The fraction of sp³-hybridized carbons (Fsp3) is 0.217. The molecular weight excluding hydrogens is 382 g/mol. The van der Waals surface area contributed by atoms with Crippen LogP contribution in [0.2, 0.25) is 0 Å². The fourth-order valence-corrected chi connectivity index (χ4v) is 4.30. The first-order valence-electron chi connectivity index (χ1n) is 9.65. The Kier molecular flexibility index (Phi) is 6.00. The maximum atomic E-state index is 12.5. The van der Waals surface area contributed by atoms with Crippen molar-refractivity contribution < 1.29 is 9.53 Å². The third-order valence-electron chi connectivity index (χ3n) is 4.84. The summed E-state index contributed by atoms with van der Waals surface area (Å²) in [5.41, 5.74) is 2.11. The highest BCUT2D eigenvalue weighted by Gasteiger charge is 2.28. The maximum absolute atomic E-state index is 12.5. The Balaban J connectivity index is 1.42. The van der Waals surface area contributed by atoms with Gasteiger partial charge in [0.1, 0.15) is 12.4 Å². The van der Waals surface area contributed by atoms with E-state index in [0.717, 1.165) is 42.7 Å². The second-order valence-electron chi connectivity index (χ2n) is 6.76. The minimum absolute atomic E-state index is 0.186. The lowest BCUT2D eigenvalue weighted by atomic mass is 10.2. The van der Waals surface area contributed by atoms with E-state index in [4.69, 9.17) is 4.74 Å². The predicted octanol–water partition coefficient (Wildman–Crippen LogP) is 4.04. The monoisotopic (exact) mass is 405 g/mol. The van der Waals surface area contributed by atoms with Crippen molar-refractivity contribution in [3.8, 4) is 5.75 Å². The zero-order chi connectivity index (χ0) is 20.1. The number of ether oxygens (including phenoxy) is 1. The quantitative estimate of drug-likeness (QED) is 0.555. The van der Waals surface area contributed by atoms with Gasteiger partial charge in [-0.2, -0.15) is 4.99 Å². The summed E-state index contributed by atoms with van der Waals surface area (Å²) in [7, 11) is 0. The number of rotatable bonds is 5. The summed E-state index contributed by atoms with van der Waals surface area (Å²) in [6.07, 6.45) is 3.57. The molecule has 6 heteroatoms. The molecule has 0 spiro atoms. The third-order valence-corrected chi connectivity index (χ3v) is 5.89. The molecular formula is C23H23N3O2S. The Morgan fingerprint density at radius 1 is 1.00 bits per heavy atom. The summed E-state index contributed by atoms with van der Waals surface area (Å²) in [5.74, 6) is 0.548. The van der Waals surface area contributed by atoms with E-state index in [0.29, 0.717) is 11.5 Å².